The molecule has 3 N–H and O–H groups in total. The summed E-state index contributed by atoms with van der Waals surface area (Å²) in [5.41, 5.74) is 8.94. The maximum Gasteiger partial charge on any atom is 0.199 e. The Morgan fingerprint density at radius 2 is 1.79 bits per heavy atom. The number of rotatable bonds is 9. The Bertz CT molecular complexity index is 723. The van der Waals surface area contributed by atoms with Gasteiger partial charge in [-0.25, -0.2) is 4.99 Å². The molecule has 0 aromatic heterocycles. The topological polar surface area (TPSA) is 62.9 Å². The molecule has 28 heavy (non-hydrogen) atoms. The van der Waals surface area contributed by atoms with Crippen LogP contribution >= 0.6 is 0 Å². The fraction of sp³-hybridized carbons (Fsp3) is 0.435. The molecule has 0 unspecified atom stereocenters. The molecule has 5 nitrogen and oxygen atoms in total. The van der Waals surface area contributed by atoms with Crippen molar-refractivity contribution in [3.8, 4) is 5.75 Å². The van der Waals surface area contributed by atoms with Gasteiger partial charge in [-0.2, -0.15) is 0 Å². The lowest BCUT2D eigenvalue weighted by atomic mass is 10.2. The highest BCUT2D eigenvalue weighted by atomic mass is 16.5. The Labute approximate surface area is 169 Å². The number of benzene rings is 2. The van der Waals surface area contributed by atoms with Crippen LogP contribution < -0.4 is 15.8 Å². The van der Waals surface area contributed by atoms with Gasteiger partial charge in [0.25, 0.3) is 0 Å². The number of aliphatic imine (C=N–C) groups is 1. The van der Waals surface area contributed by atoms with E-state index in [1.54, 1.807) is 0 Å². The number of hydrogen-bond donors (Lipinski definition) is 2. The summed E-state index contributed by atoms with van der Waals surface area (Å²) in [6.45, 7) is 11.5. The molecule has 0 spiro atoms. The van der Waals surface area contributed by atoms with Crippen molar-refractivity contribution < 1.29 is 4.74 Å². The van der Waals surface area contributed by atoms with Crippen LogP contribution in [-0.2, 0) is 6.61 Å². The smallest absolute Gasteiger partial charge is 0.199 e. The first-order chi connectivity index (χ1) is 13.5. The molecule has 0 fully saturated rings. The van der Waals surface area contributed by atoms with Gasteiger partial charge in [-0.1, -0.05) is 29.8 Å². The third kappa shape index (κ3) is 6.89. The van der Waals surface area contributed by atoms with E-state index in [1.807, 2.05) is 24.3 Å². The van der Waals surface area contributed by atoms with Gasteiger partial charge in [-0.3, -0.25) is 0 Å². The quantitative estimate of drug-likeness (QED) is 0.387. The van der Waals surface area contributed by atoms with Crippen molar-refractivity contribution in [3.63, 3.8) is 0 Å². The van der Waals surface area contributed by atoms with Crippen molar-refractivity contribution in [1.29, 1.82) is 0 Å². The van der Waals surface area contributed by atoms with Gasteiger partial charge in [0, 0.05) is 19.1 Å². The second-order valence-corrected chi connectivity index (χ2v) is 7.15. The lowest BCUT2D eigenvalue weighted by molar-refractivity contribution is 0.306. The molecule has 2 rings (SSSR count). The van der Waals surface area contributed by atoms with Gasteiger partial charge in [-0.05, 0) is 70.5 Å². The molecule has 0 aliphatic carbocycles. The van der Waals surface area contributed by atoms with Crippen molar-refractivity contribution in [1.82, 2.24) is 10.2 Å². The van der Waals surface area contributed by atoms with E-state index in [1.165, 1.54) is 5.56 Å². The summed E-state index contributed by atoms with van der Waals surface area (Å²) in [5.74, 6) is 1.73. The molecule has 0 amide bonds. The number of nitrogens with two attached hydrogens (primary N) is 1. The van der Waals surface area contributed by atoms with E-state index in [0.29, 0.717) is 19.2 Å². The van der Waals surface area contributed by atoms with Crippen molar-refractivity contribution in [2.75, 3.05) is 19.6 Å². The molecule has 0 aliphatic rings. The van der Waals surface area contributed by atoms with E-state index >= 15 is 0 Å². The highest BCUT2D eigenvalue weighted by Crippen LogP contribution is 2.20. The van der Waals surface area contributed by atoms with Crippen LogP contribution in [-0.4, -0.2) is 36.5 Å². The second kappa shape index (κ2) is 11.3. The molecular weight excluding hydrogens is 348 g/mol. The minimum absolute atomic E-state index is 0.367. The molecular formula is C23H34N4O. The van der Waals surface area contributed by atoms with Gasteiger partial charge in [0.15, 0.2) is 5.96 Å². The van der Waals surface area contributed by atoms with Crippen molar-refractivity contribution in [2.24, 2.45) is 10.7 Å². The molecule has 0 heterocycles. The first-order valence-corrected chi connectivity index (χ1v) is 10.1. The Morgan fingerprint density at radius 1 is 1.11 bits per heavy atom. The normalized spacial score (nSPS) is 11.6. The average Bonchev–Trinajstić information content (AvgIpc) is 2.69. The number of ether oxygens (including phenoxy) is 1. The largest absolute Gasteiger partial charge is 0.489 e. The summed E-state index contributed by atoms with van der Waals surface area (Å²) in [5, 5.41) is 3.43. The number of hydrogen-bond acceptors (Lipinski definition) is 3. The van der Waals surface area contributed by atoms with Gasteiger partial charge < -0.3 is 20.7 Å². The second-order valence-electron chi connectivity index (χ2n) is 7.15. The minimum Gasteiger partial charge on any atom is -0.489 e. The predicted molar refractivity (Wildman–Crippen MR) is 118 cm³/mol. The third-order valence-corrected chi connectivity index (χ3v) is 4.50. The van der Waals surface area contributed by atoms with Crippen molar-refractivity contribution >= 4 is 11.6 Å². The van der Waals surface area contributed by atoms with E-state index in [4.69, 9.17) is 15.5 Å². The van der Waals surface area contributed by atoms with E-state index < -0.39 is 0 Å². The minimum atomic E-state index is 0.367. The summed E-state index contributed by atoms with van der Waals surface area (Å²) in [7, 11) is 0. The first-order valence-electron chi connectivity index (χ1n) is 10.1. The monoisotopic (exact) mass is 382 g/mol. The lowest BCUT2D eigenvalue weighted by Gasteiger charge is -2.29. The molecule has 0 saturated heterocycles. The van der Waals surface area contributed by atoms with Crippen molar-refractivity contribution in [3.05, 3.63) is 59.7 Å². The van der Waals surface area contributed by atoms with E-state index in [-0.39, 0.29) is 0 Å². The van der Waals surface area contributed by atoms with Gasteiger partial charge in [0.1, 0.15) is 12.4 Å². The van der Waals surface area contributed by atoms with E-state index in [2.05, 4.69) is 62.2 Å². The van der Waals surface area contributed by atoms with Crippen LogP contribution in [0.2, 0.25) is 0 Å². The third-order valence-electron chi connectivity index (χ3n) is 4.50. The van der Waals surface area contributed by atoms with Crippen LogP contribution in [0, 0.1) is 6.92 Å². The fourth-order valence-corrected chi connectivity index (χ4v) is 2.86. The maximum atomic E-state index is 5.89. The van der Waals surface area contributed by atoms with Gasteiger partial charge in [0.05, 0.1) is 5.69 Å². The summed E-state index contributed by atoms with van der Waals surface area (Å²) in [6.07, 6.45) is 0.917. The molecule has 5 heteroatoms. The standard InChI is InChI=1S/C23H34N4O/c1-5-27(18(2)3)23(25-16-6-15-24)26-21-11-13-22(14-12-21)28-17-20-9-7-19(4)8-10-20/h7-14,18H,5-6,15-17,24H2,1-4H3,(H,25,26). The number of nitrogens with zero attached hydrogens (tertiary/aromatic N) is 2. The predicted octanol–water partition coefficient (Wildman–Crippen LogP) is 4.23. The van der Waals surface area contributed by atoms with E-state index in [9.17, 15) is 0 Å². The van der Waals surface area contributed by atoms with Crippen LogP contribution in [0.5, 0.6) is 5.75 Å². The Morgan fingerprint density at radius 3 is 2.36 bits per heavy atom. The molecule has 2 aromatic rings. The van der Waals surface area contributed by atoms with Gasteiger partial charge in [0.2, 0.25) is 0 Å². The summed E-state index contributed by atoms with van der Waals surface area (Å²) in [6, 6.07) is 16.7. The molecule has 0 saturated carbocycles. The zero-order valence-electron chi connectivity index (χ0n) is 17.6. The number of nitrogens with one attached hydrogen (secondary N) is 1. The van der Waals surface area contributed by atoms with Gasteiger partial charge in [-0.15, -0.1) is 0 Å². The lowest BCUT2D eigenvalue weighted by Crippen LogP contribution is -2.45. The molecule has 2 aromatic carbocycles. The van der Waals surface area contributed by atoms with Crippen LogP contribution in [0.3, 0.4) is 0 Å². The SMILES string of the molecule is CCN(/C(=N\c1ccc(OCc2ccc(C)cc2)cc1)NCCCN)C(C)C. The Hall–Kier alpha value is -2.53. The van der Waals surface area contributed by atoms with Crippen LogP contribution in [0.4, 0.5) is 5.69 Å². The molecule has 0 radical (unpaired) electrons. The molecule has 0 bridgehead atoms. The van der Waals surface area contributed by atoms with E-state index in [0.717, 1.165) is 42.5 Å². The van der Waals surface area contributed by atoms with Crippen LogP contribution in [0.15, 0.2) is 53.5 Å². The van der Waals surface area contributed by atoms with Gasteiger partial charge >= 0.3 is 0 Å². The Kier molecular flexibility index (Phi) is 8.82. The zero-order chi connectivity index (χ0) is 20.4. The maximum absolute atomic E-state index is 5.89. The summed E-state index contributed by atoms with van der Waals surface area (Å²) >= 11 is 0. The summed E-state index contributed by atoms with van der Waals surface area (Å²) < 4.78 is 5.89. The highest BCUT2D eigenvalue weighted by Gasteiger charge is 2.12. The first kappa shape index (κ1) is 21.8. The van der Waals surface area contributed by atoms with Crippen LogP contribution in [0.25, 0.3) is 0 Å². The Balaban J connectivity index is 2.05. The fourth-order valence-electron chi connectivity index (χ4n) is 2.86. The molecule has 0 atom stereocenters. The summed E-state index contributed by atoms with van der Waals surface area (Å²) in [4.78, 5) is 7.08. The number of guanidine groups is 1. The number of aryl methyl sites for hydroxylation is 1. The average molecular weight is 383 g/mol. The van der Waals surface area contributed by atoms with Crippen molar-refractivity contribution in [2.45, 2.75) is 46.8 Å². The molecule has 0 aliphatic heterocycles. The zero-order valence-corrected chi connectivity index (χ0v) is 17.6. The van der Waals surface area contributed by atoms with Crippen LogP contribution in [0.1, 0.15) is 38.3 Å². The highest BCUT2D eigenvalue weighted by molar-refractivity contribution is 5.83. The molecule has 152 valence electrons.